The Hall–Kier alpha value is -2.53. The van der Waals surface area contributed by atoms with E-state index in [-0.39, 0.29) is 37.0 Å². The van der Waals surface area contributed by atoms with Gasteiger partial charge in [0.05, 0.1) is 18.1 Å². The number of nitrogens with zero attached hydrogens (tertiary/aromatic N) is 2. The van der Waals surface area contributed by atoms with Gasteiger partial charge in [-0.2, -0.15) is 4.31 Å². The molecule has 2 aliphatic rings. The molecule has 10 heteroatoms. The normalized spacial score (nSPS) is 22.3. The van der Waals surface area contributed by atoms with Gasteiger partial charge in [-0.3, -0.25) is 4.79 Å². The zero-order chi connectivity index (χ0) is 30.6. The molecule has 2 unspecified atom stereocenters. The molecule has 2 atom stereocenters. The number of ether oxygens (including phenoxy) is 2. The second-order valence-corrected chi connectivity index (χ2v) is 14.0. The summed E-state index contributed by atoms with van der Waals surface area (Å²) < 4.78 is 53.6. The molecule has 0 spiro atoms. The van der Waals surface area contributed by atoms with E-state index in [1.807, 2.05) is 34.0 Å². The second-order valence-electron chi connectivity index (χ2n) is 12.1. The van der Waals surface area contributed by atoms with Gasteiger partial charge < -0.3 is 19.7 Å². The summed E-state index contributed by atoms with van der Waals surface area (Å²) in [6.07, 6.45) is 4.27. The molecule has 2 aromatic carbocycles. The summed E-state index contributed by atoms with van der Waals surface area (Å²) in [6.45, 7) is 6.54. The number of hydrogen-bond donors (Lipinski definition) is 1. The minimum absolute atomic E-state index is 0.0874. The lowest BCUT2D eigenvalue weighted by Gasteiger charge is -2.37. The van der Waals surface area contributed by atoms with Gasteiger partial charge in [-0.25, -0.2) is 12.8 Å². The van der Waals surface area contributed by atoms with Crippen LogP contribution in [0.4, 0.5) is 4.39 Å². The molecule has 0 bridgehead atoms. The first-order valence-electron chi connectivity index (χ1n) is 14.9. The lowest BCUT2D eigenvalue weighted by atomic mass is 9.76. The van der Waals surface area contributed by atoms with Crippen LogP contribution in [0.25, 0.3) is 0 Å². The van der Waals surface area contributed by atoms with Crippen LogP contribution in [0.5, 0.6) is 5.75 Å². The summed E-state index contributed by atoms with van der Waals surface area (Å²) in [5.74, 6) is 1.12. The number of amides is 1. The van der Waals surface area contributed by atoms with Crippen molar-refractivity contribution < 1.29 is 27.1 Å². The quantitative estimate of drug-likeness (QED) is 0.399. The Morgan fingerprint density at radius 3 is 2.45 bits per heavy atom. The Labute approximate surface area is 250 Å². The van der Waals surface area contributed by atoms with Crippen molar-refractivity contribution in [2.24, 2.45) is 11.8 Å². The number of aryl methyl sites for hydroxylation is 1. The van der Waals surface area contributed by atoms with Crippen LogP contribution in [-0.4, -0.2) is 77.1 Å². The van der Waals surface area contributed by atoms with Gasteiger partial charge in [0.2, 0.25) is 15.9 Å². The zero-order valence-corrected chi connectivity index (χ0v) is 26.6. The summed E-state index contributed by atoms with van der Waals surface area (Å²) in [6, 6.07) is 8.83. The molecular weight excluding hydrogens is 557 g/mol. The molecule has 1 aliphatic carbocycles. The highest BCUT2D eigenvalue weighted by atomic mass is 32.2. The summed E-state index contributed by atoms with van der Waals surface area (Å²) >= 11 is 0. The molecule has 8 nitrogen and oxygen atoms in total. The Morgan fingerprint density at radius 1 is 1.10 bits per heavy atom. The molecule has 1 aliphatic heterocycles. The maximum Gasteiger partial charge on any atom is 0.246 e. The number of carbonyl (C=O) groups is 1. The van der Waals surface area contributed by atoms with Crippen LogP contribution in [0.1, 0.15) is 60.4 Å². The lowest BCUT2D eigenvalue weighted by Crippen LogP contribution is -2.37. The van der Waals surface area contributed by atoms with Crippen LogP contribution < -0.4 is 10.1 Å². The molecule has 4 rings (SSSR count). The van der Waals surface area contributed by atoms with Crippen molar-refractivity contribution in [1.82, 2.24) is 14.5 Å². The van der Waals surface area contributed by atoms with E-state index in [0.717, 1.165) is 36.8 Å². The Morgan fingerprint density at radius 2 is 1.81 bits per heavy atom. The van der Waals surface area contributed by atoms with Crippen LogP contribution in [0.15, 0.2) is 35.2 Å². The number of methoxy groups -OCH3 is 1. The van der Waals surface area contributed by atoms with Gasteiger partial charge in [0, 0.05) is 25.7 Å². The predicted octanol–water partition coefficient (Wildman–Crippen LogP) is 4.76. The first kappa shape index (κ1) is 32.4. The smallest absolute Gasteiger partial charge is 0.246 e. The standard InChI is InChI=1S/C32H46FN3O5S/c1-21-16-29(40-6)22(2)23(3)32(21)42(38,39)36-15-14-28(19-36)41-20-30(37)34-18-24-10-12-25(13-11-24)31(35(4)5)26-8-7-9-27(33)17-26/h7-9,16-17,24-25,28,31H,10-15,18-20H2,1-6H3,(H,34,37). The highest BCUT2D eigenvalue weighted by molar-refractivity contribution is 7.89. The SMILES string of the molecule is COc1cc(C)c(S(=O)(=O)N2CCC(OCC(=O)NCC3CCC(C(c4cccc(F)c4)N(C)C)CC3)C2)c(C)c1C. The molecule has 1 amide bonds. The second kappa shape index (κ2) is 13.8. The van der Waals surface area contributed by atoms with Crippen LogP contribution in [0.3, 0.4) is 0 Å². The Kier molecular flexibility index (Phi) is 10.7. The molecule has 0 aromatic heterocycles. The van der Waals surface area contributed by atoms with Gasteiger partial charge in [-0.15, -0.1) is 0 Å². The number of benzene rings is 2. The van der Waals surface area contributed by atoms with Gasteiger partial charge in [0.15, 0.2) is 0 Å². The maximum atomic E-state index is 13.9. The minimum Gasteiger partial charge on any atom is -0.496 e. The van der Waals surface area contributed by atoms with Crippen molar-refractivity contribution in [2.75, 3.05) is 47.4 Å². The van der Waals surface area contributed by atoms with Crippen molar-refractivity contribution in [3.63, 3.8) is 0 Å². The summed E-state index contributed by atoms with van der Waals surface area (Å²) in [4.78, 5) is 15.1. The molecule has 1 saturated carbocycles. The third-order valence-corrected chi connectivity index (χ3v) is 11.2. The van der Waals surface area contributed by atoms with Crippen molar-refractivity contribution >= 4 is 15.9 Å². The van der Waals surface area contributed by atoms with Gasteiger partial charge >= 0.3 is 0 Å². The molecule has 1 N–H and O–H groups in total. The van der Waals surface area contributed by atoms with E-state index in [1.165, 1.54) is 10.4 Å². The Balaban J connectivity index is 1.22. The van der Waals surface area contributed by atoms with Gasteiger partial charge in [0.1, 0.15) is 18.2 Å². The monoisotopic (exact) mass is 603 g/mol. The molecule has 0 radical (unpaired) electrons. The third kappa shape index (κ3) is 7.33. The van der Waals surface area contributed by atoms with E-state index in [2.05, 4.69) is 10.2 Å². The van der Waals surface area contributed by atoms with E-state index in [1.54, 1.807) is 32.2 Å². The topological polar surface area (TPSA) is 88.2 Å². The van der Waals surface area contributed by atoms with Crippen LogP contribution in [-0.2, 0) is 19.6 Å². The maximum absolute atomic E-state index is 13.9. The molecule has 42 heavy (non-hydrogen) atoms. The highest BCUT2D eigenvalue weighted by Crippen LogP contribution is 2.39. The van der Waals surface area contributed by atoms with Crippen molar-refractivity contribution in [3.8, 4) is 5.75 Å². The van der Waals surface area contributed by atoms with E-state index < -0.39 is 10.0 Å². The predicted molar refractivity (Wildman–Crippen MR) is 162 cm³/mol. The van der Waals surface area contributed by atoms with Crippen molar-refractivity contribution in [2.45, 2.75) is 69.9 Å². The van der Waals surface area contributed by atoms with E-state index in [4.69, 9.17) is 9.47 Å². The molecule has 1 heterocycles. The minimum atomic E-state index is -3.70. The van der Waals surface area contributed by atoms with Crippen LogP contribution in [0.2, 0.25) is 0 Å². The number of rotatable bonds is 11. The highest BCUT2D eigenvalue weighted by Gasteiger charge is 2.36. The van der Waals surface area contributed by atoms with Crippen molar-refractivity contribution in [3.05, 3.63) is 58.4 Å². The molecule has 1 saturated heterocycles. The number of nitrogens with one attached hydrogen (secondary N) is 1. The largest absolute Gasteiger partial charge is 0.496 e. The summed E-state index contributed by atoms with van der Waals surface area (Å²) in [7, 11) is 1.96. The lowest BCUT2D eigenvalue weighted by molar-refractivity contribution is -0.127. The number of halogens is 1. The van der Waals surface area contributed by atoms with Crippen LogP contribution >= 0.6 is 0 Å². The van der Waals surface area contributed by atoms with E-state index >= 15 is 0 Å². The summed E-state index contributed by atoms with van der Waals surface area (Å²) in [5.41, 5.74) is 3.16. The zero-order valence-electron chi connectivity index (χ0n) is 25.8. The first-order chi connectivity index (χ1) is 19.9. The van der Waals surface area contributed by atoms with Crippen molar-refractivity contribution in [1.29, 1.82) is 0 Å². The van der Waals surface area contributed by atoms with E-state index in [0.29, 0.717) is 53.1 Å². The molecule has 2 fully saturated rings. The summed E-state index contributed by atoms with van der Waals surface area (Å²) in [5, 5.41) is 3.01. The average Bonchev–Trinajstić information content (AvgIpc) is 3.43. The first-order valence-corrected chi connectivity index (χ1v) is 16.3. The Bertz CT molecular complexity index is 1360. The fourth-order valence-electron chi connectivity index (χ4n) is 6.70. The number of sulfonamides is 1. The number of hydrogen-bond acceptors (Lipinski definition) is 6. The van der Waals surface area contributed by atoms with Gasteiger partial charge in [-0.1, -0.05) is 12.1 Å². The fourth-order valence-corrected chi connectivity index (χ4v) is 8.68. The molecule has 2 aromatic rings. The van der Waals surface area contributed by atoms with E-state index in [9.17, 15) is 17.6 Å². The molecular formula is C32H46FN3O5S. The third-order valence-electron chi connectivity index (χ3n) is 9.03. The van der Waals surface area contributed by atoms with Crippen LogP contribution in [0, 0.1) is 38.4 Å². The van der Waals surface area contributed by atoms with Gasteiger partial charge in [0.25, 0.3) is 0 Å². The molecule has 232 valence electrons. The van der Waals surface area contributed by atoms with Gasteiger partial charge in [-0.05, 0) is 119 Å². The number of carbonyl (C=O) groups excluding carboxylic acids is 1. The average molecular weight is 604 g/mol. The fraction of sp³-hybridized carbons (Fsp3) is 0.594.